The fraction of sp³-hybridized carbons (Fsp3) is 0.389. The average molecular weight is 390 g/mol. The molecule has 1 aromatic carbocycles. The Morgan fingerprint density at radius 3 is 2.63 bits per heavy atom. The number of imidazole rings is 1. The van der Waals surface area contributed by atoms with Crippen molar-refractivity contribution in [2.75, 3.05) is 12.9 Å². The summed E-state index contributed by atoms with van der Waals surface area (Å²) in [6, 6.07) is 4.52. The lowest BCUT2D eigenvalue weighted by Crippen LogP contribution is -2.16. The Hall–Kier alpha value is -2.68. The molecule has 0 saturated carbocycles. The zero-order valence-corrected chi connectivity index (χ0v) is 16.6. The van der Waals surface area contributed by atoms with E-state index >= 15 is 0 Å². The molecular weight excluding hydrogens is 368 g/mol. The second-order valence-electron chi connectivity index (χ2n) is 6.29. The lowest BCUT2D eigenvalue weighted by molar-refractivity contribution is 0.341. The molecule has 2 aromatic heterocycles. The summed E-state index contributed by atoms with van der Waals surface area (Å²) in [5.74, 6) is 1.37. The fourth-order valence-electron chi connectivity index (χ4n) is 2.95. The van der Waals surface area contributed by atoms with Crippen LogP contribution in [0, 0.1) is 6.92 Å². The second-order valence-corrected chi connectivity index (χ2v) is 8.31. The fourth-order valence-corrected chi connectivity index (χ4v) is 3.60. The number of benzene rings is 1. The lowest BCUT2D eigenvalue weighted by Gasteiger charge is -2.11. The Balaban J connectivity index is 2.31. The number of hydrogen-bond acceptors (Lipinski definition) is 6. The molecule has 0 bridgehead atoms. The maximum Gasteiger partial charge on any atom is 0.277 e. The van der Waals surface area contributed by atoms with Crippen molar-refractivity contribution in [3.8, 4) is 17.1 Å². The van der Waals surface area contributed by atoms with E-state index in [0.29, 0.717) is 41.4 Å². The number of ether oxygens (including phenoxy) is 1. The summed E-state index contributed by atoms with van der Waals surface area (Å²) in [5, 5.41) is 4.54. The lowest BCUT2D eigenvalue weighted by atomic mass is 10.2. The van der Waals surface area contributed by atoms with Gasteiger partial charge in [-0.3, -0.25) is 4.79 Å². The topological polar surface area (TPSA) is 106 Å². The van der Waals surface area contributed by atoms with Crippen LogP contribution in [-0.2, 0) is 16.3 Å². The van der Waals surface area contributed by atoms with Gasteiger partial charge in [0, 0.05) is 12.7 Å². The zero-order valence-electron chi connectivity index (χ0n) is 15.7. The van der Waals surface area contributed by atoms with Crippen LogP contribution in [0.2, 0.25) is 0 Å². The van der Waals surface area contributed by atoms with Crippen molar-refractivity contribution in [2.24, 2.45) is 0 Å². The number of nitrogens with one attached hydrogen (secondary N) is 1. The number of hydrogen-bond donors (Lipinski definition) is 1. The summed E-state index contributed by atoms with van der Waals surface area (Å²) in [5.41, 5.74) is 1.07. The van der Waals surface area contributed by atoms with Gasteiger partial charge in [0.15, 0.2) is 21.2 Å². The van der Waals surface area contributed by atoms with Gasteiger partial charge >= 0.3 is 0 Å². The van der Waals surface area contributed by atoms with E-state index in [-0.39, 0.29) is 16.3 Å². The molecule has 27 heavy (non-hydrogen) atoms. The van der Waals surface area contributed by atoms with E-state index in [2.05, 4.69) is 15.1 Å². The van der Waals surface area contributed by atoms with Crippen LogP contribution in [0.15, 0.2) is 27.9 Å². The number of aryl methyl sites for hydroxylation is 2. The van der Waals surface area contributed by atoms with Crippen LogP contribution >= 0.6 is 0 Å². The highest BCUT2D eigenvalue weighted by molar-refractivity contribution is 7.90. The number of rotatable bonds is 6. The van der Waals surface area contributed by atoms with Crippen molar-refractivity contribution in [1.82, 2.24) is 19.6 Å². The molecule has 1 N–H and O–H groups in total. The summed E-state index contributed by atoms with van der Waals surface area (Å²) in [7, 11) is -3.42. The zero-order chi connectivity index (χ0) is 19.8. The summed E-state index contributed by atoms with van der Waals surface area (Å²) in [4.78, 5) is 20.0. The molecule has 144 valence electrons. The first kappa shape index (κ1) is 19.1. The van der Waals surface area contributed by atoms with Gasteiger partial charge in [-0.25, -0.2) is 17.9 Å². The van der Waals surface area contributed by atoms with Crippen LogP contribution in [0.3, 0.4) is 0 Å². The van der Waals surface area contributed by atoms with Crippen LogP contribution in [0.4, 0.5) is 0 Å². The van der Waals surface area contributed by atoms with Gasteiger partial charge in [-0.05, 0) is 38.5 Å². The highest BCUT2D eigenvalue weighted by atomic mass is 32.2. The molecule has 2 heterocycles. The van der Waals surface area contributed by atoms with E-state index in [0.717, 1.165) is 12.7 Å². The molecule has 8 nitrogen and oxygen atoms in total. The molecule has 0 amide bonds. The van der Waals surface area contributed by atoms with Gasteiger partial charge < -0.3 is 9.72 Å². The quantitative estimate of drug-likeness (QED) is 0.691. The highest BCUT2D eigenvalue weighted by Gasteiger charge is 2.18. The van der Waals surface area contributed by atoms with Crippen molar-refractivity contribution in [1.29, 1.82) is 0 Å². The van der Waals surface area contributed by atoms with E-state index in [4.69, 9.17) is 4.74 Å². The molecule has 0 aliphatic carbocycles. The molecule has 0 aliphatic rings. The van der Waals surface area contributed by atoms with Crippen molar-refractivity contribution >= 4 is 15.4 Å². The Bertz CT molecular complexity index is 1160. The van der Waals surface area contributed by atoms with E-state index in [1.807, 2.05) is 13.8 Å². The van der Waals surface area contributed by atoms with E-state index in [9.17, 15) is 13.2 Å². The van der Waals surface area contributed by atoms with Gasteiger partial charge in [0.25, 0.3) is 5.56 Å². The van der Waals surface area contributed by atoms with E-state index in [1.165, 1.54) is 16.6 Å². The van der Waals surface area contributed by atoms with Crippen LogP contribution in [0.1, 0.15) is 31.8 Å². The molecule has 0 fully saturated rings. The number of fused-ring (bicyclic) bond motifs is 1. The van der Waals surface area contributed by atoms with Gasteiger partial charge in [0.2, 0.25) is 0 Å². The SMILES string of the molecule is CCCc1nc(C)c2c(=O)[nH]c(-c3cc(S(C)(=O)=O)ccc3OCC)nn12. The van der Waals surface area contributed by atoms with E-state index in [1.54, 1.807) is 13.0 Å². The predicted octanol–water partition coefficient (Wildman–Crippen LogP) is 2.15. The van der Waals surface area contributed by atoms with Gasteiger partial charge in [-0.15, -0.1) is 5.10 Å². The number of sulfone groups is 1. The summed E-state index contributed by atoms with van der Waals surface area (Å²) in [6.45, 7) is 6.00. The number of aromatic nitrogens is 4. The molecule has 3 aromatic rings. The normalized spacial score (nSPS) is 11.9. The first-order valence-corrected chi connectivity index (χ1v) is 10.6. The monoisotopic (exact) mass is 390 g/mol. The van der Waals surface area contributed by atoms with Crippen molar-refractivity contribution in [3.05, 3.63) is 40.1 Å². The summed E-state index contributed by atoms with van der Waals surface area (Å²) in [6.07, 6.45) is 2.66. The van der Waals surface area contributed by atoms with Crippen molar-refractivity contribution < 1.29 is 13.2 Å². The molecule has 9 heteroatoms. The molecule has 0 saturated heterocycles. The summed E-state index contributed by atoms with van der Waals surface area (Å²) >= 11 is 0. The molecule has 0 radical (unpaired) electrons. The molecular formula is C18H22N4O4S. The molecule has 3 rings (SSSR count). The van der Waals surface area contributed by atoms with Gasteiger partial charge in [-0.1, -0.05) is 6.92 Å². The minimum Gasteiger partial charge on any atom is -0.493 e. The van der Waals surface area contributed by atoms with E-state index < -0.39 is 9.84 Å². The first-order chi connectivity index (χ1) is 12.8. The second kappa shape index (κ2) is 7.15. The Kier molecular flexibility index (Phi) is 5.05. The molecule has 0 atom stereocenters. The maximum atomic E-state index is 12.6. The minimum absolute atomic E-state index is 0.124. The molecule has 0 spiro atoms. The Labute approximate surface area is 157 Å². The van der Waals surface area contributed by atoms with Gasteiger partial charge in [0.1, 0.15) is 11.6 Å². The largest absolute Gasteiger partial charge is 0.493 e. The van der Waals surface area contributed by atoms with Crippen LogP contribution in [0.25, 0.3) is 16.9 Å². The minimum atomic E-state index is -3.42. The number of H-pyrrole nitrogens is 1. The predicted molar refractivity (Wildman–Crippen MR) is 102 cm³/mol. The third-order valence-corrected chi connectivity index (χ3v) is 5.26. The van der Waals surface area contributed by atoms with Gasteiger partial charge in [-0.2, -0.15) is 0 Å². The average Bonchev–Trinajstić information content (AvgIpc) is 2.91. The third kappa shape index (κ3) is 3.59. The first-order valence-electron chi connectivity index (χ1n) is 8.72. The maximum absolute atomic E-state index is 12.6. The molecule has 0 unspecified atom stereocenters. The third-order valence-electron chi connectivity index (χ3n) is 4.15. The van der Waals surface area contributed by atoms with Crippen molar-refractivity contribution in [2.45, 2.75) is 38.5 Å². The highest BCUT2D eigenvalue weighted by Crippen LogP contribution is 2.30. The van der Waals surface area contributed by atoms with Crippen LogP contribution in [0.5, 0.6) is 5.75 Å². The van der Waals surface area contributed by atoms with Crippen LogP contribution < -0.4 is 10.3 Å². The number of nitrogens with zero attached hydrogens (tertiary/aromatic N) is 3. The Morgan fingerprint density at radius 1 is 1.26 bits per heavy atom. The van der Waals surface area contributed by atoms with Gasteiger partial charge in [0.05, 0.1) is 22.8 Å². The smallest absolute Gasteiger partial charge is 0.277 e. The van der Waals surface area contributed by atoms with Crippen molar-refractivity contribution in [3.63, 3.8) is 0 Å². The molecule has 0 aliphatic heterocycles. The standard InChI is InChI=1S/C18H22N4O4S/c1-5-7-15-19-11(3)16-18(23)20-17(21-22(15)16)13-10-12(27(4,24)25)8-9-14(13)26-6-2/h8-10H,5-7H2,1-4H3,(H,20,21,23). The summed E-state index contributed by atoms with van der Waals surface area (Å²) < 4.78 is 31.1. The van der Waals surface area contributed by atoms with Crippen LogP contribution in [-0.4, -0.2) is 40.9 Å². The number of aromatic amines is 1. The Morgan fingerprint density at radius 2 is 2.00 bits per heavy atom.